The van der Waals surface area contributed by atoms with Crippen molar-refractivity contribution in [3.8, 4) is 5.75 Å². The minimum absolute atomic E-state index is 0.228. The predicted octanol–water partition coefficient (Wildman–Crippen LogP) is 5.13. The van der Waals surface area contributed by atoms with Crippen LogP contribution in [0.25, 0.3) is 0 Å². The quantitative estimate of drug-likeness (QED) is 0.354. The topological polar surface area (TPSA) is 62.3 Å². The normalized spacial score (nSPS) is 12.4. The number of aromatic nitrogens is 2. The number of hydrogen-bond acceptors (Lipinski definition) is 7. The molecule has 2 aromatic carbocycles. The van der Waals surface area contributed by atoms with Gasteiger partial charge in [0.25, 0.3) is 0 Å². The van der Waals surface area contributed by atoms with Crippen LogP contribution < -0.4 is 20.3 Å². The highest BCUT2D eigenvalue weighted by atomic mass is 32.2. The second-order valence-corrected chi connectivity index (χ2v) is 8.32. The zero-order valence-corrected chi connectivity index (χ0v) is 18.5. The lowest BCUT2D eigenvalue weighted by atomic mass is 10.2. The number of methoxy groups -OCH3 is 1. The van der Waals surface area contributed by atoms with Crippen molar-refractivity contribution in [2.45, 2.75) is 31.6 Å². The Bertz CT molecular complexity index is 1010. The van der Waals surface area contributed by atoms with Crippen LogP contribution in [-0.2, 0) is 13.1 Å². The van der Waals surface area contributed by atoms with Crippen molar-refractivity contribution in [3.05, 3.63) is 65.5 Å². The molecule has 0 bridgehead atoms. The zero-order valence-electron chi connectivity index (χ0n) is 17.7. The van der Waals surface area contributed by atoms with Crippen molar-refractivity contribution in [3.63, 3.8) is 0 Å². The van der Waals surface area contributed by atoms with Crippen LogP contribution in [0.5, 0.6) is 5.75 Å². The number of fused-ring (bicyclic) bond motifs is 1. The van der Waals surface area contributed by atoms with Gasteiger partial charge in [0.05, 0.1) is 13.8 Å². The molecule has 3 aromatic rings. The molecule has 0 atom stereocenters. The van der Waals surface area contributed by atoms with Crippen LogP contribution in [0.3, 0.4) is 0 Å². The Morgan fingerprint density at radius 3 is 2.55 bits per heavy atom. The number of anilines is 3. The summed E-state index contributed by atoms with van der Waals surface area (Å²) in [6, 6.07) is 14.6. The summed E-state index contributed by atoms with van der Waals surface area (Å²) in [5.41, 5.74) is 3.07. The molecule has 0 unspecified atom stereocenters. The highest BCUT2D eigenvalue weighted by molar-refractivity contribution is 7.99. The maximum absolute atomic E-state index is 13.3. The number of halogens is 1. The summed E-state index contributed by atoms with van der Waals surface area (Å²) in [6.45, 7) is 4.06. The largest absolute Gasteiger partial charge is 0.497 e. The average molecular weight is 440 g/mol. The number of ether oxygens (including phenoxy) is 1. The molecule has 1 aliphatic rings. The van der Waals surface area contributed by atoms with Gasteiger partial charge in [-0.3, -0.25) is 0 Å². The summed E-state index contributed by atoms with van der Waals surface area (Å²) in [4.78, 5) is 11.7. The van der Waals surface area contributed by atoms with Gasteiger partial charge >= 0.3 is 0 Å². The molecule has 2 N–H and O–H groups in total. The Morgan fingerprint density at radius 1 is 1.10 bits per heavy atom. The summed E-state index contributed by atoms with van der Waals surface area (Å²) < 4.78 is 18.5. The van der Waals surface area contributed by atoms with Gasteiger partial charge in [0.2, 0.25) is 0 Å². The first kappa shape index (κ1) is 21.2. The molecule has 0 spiro atoms. The van der Waals surface area contributed by atoms with E-state index in [0.717, 1.165) is 51.5 Å². The van der Waals surface area contributed by atoms with E-state index >= 15 is 0 Å². The highest BCUT2D eigenvalue weighted by Crippen LogP contribution is 2.37. The van der Waals surface area contributed by atoms with E-state index in [0.29, 0.717) is 19.8 Å². The number of hydrogen-bond donors (Lipinski definition) is 2. The van der Waals surface area contributed by atoms with E-state index in [2.05, 4.69) is 22.5 Å². The van der Waals surface area contributed by atoms with Gasteiger partial charge in [0, 0.05) is 18.8 Å². The molecule has 162 valence electrons. The molecule has 0 saturated heterocycles. The summed E-state index contributed by atoms with van der Waals surface area (Å²) in [5, 5.41) is 7.64. The molecule has 4 rings (SSSR count). The van der Waals surface area contributed by atoms with Crippen molar-refractivity contribution < 1.29 is 9.13 Å². The first-order valence-electron chi connectivity index (χ1n) is 10.3. The fraction of sp³-hybridized carbons (Fsp3) is 0.304. The van der Waals surface area contributed by atoms with Gasteiger partial charge in [-0.1, -0.05) is 43.0 Å². The molecule has 2 heterocycles. The molecular weight excluding hydrogens is 413 g/mol. The number of benzene rings is 2. The fourth-order valence-electron chi connectivity index (χ4n) is 3.33. The Balaban J connectivity index is 1.56. The molecule has 0 amide bonds. The van der Waals surface area contributed by atoms with E-state index in [1.54, 1.807) is 18.9 Å². The molecule has 0 saturated carbocycles. The molecule has 0 radical (unpaired) electrons. The van der Waals surface area contributed by atoms with Crippen LogP contribution in [0.2, 0.25) is 0 Å². The van der Waals surface area contributed by atoms with Gasteiger partial charge in [-0.15, -0.1) is 0 Å². The highest BCUT2D eigenvalue weighted by Gasteiger charge is 2.25. The van der Waals surface area contributed by atoms with Crippen LogP contribution in [0.15, 0.2) is 53.7 Å². The average Bonchev–Trinajstić information content (AvgIpc) is 3.20. The van der Waals surface area contributed by atoms with Gasteiger partial charge in [-0.05, 0) is 41.8 Å². The van der Waals surface area contributed by atoms with Crippen LogP contribution in [0, 0.1) is 5.82 Å². The molecule has 0 fully saturated rings. The molecule has 8 heteroatoms. The van der Waals surface area contributed by atoms with Crippen molar-refractivity contribution >= 4 is 29.1 Å². The SMILES string of the molecule is CCCSc1nc(NCc2ccc(OC)cc2)c2c(n1)N(Cc1ccc(F)cc1)CN2. The number of rotatable bonds is 9. The van der Waals surface area contributed by atoms with Crippen molar-refractivity contribution in [2.75, 3.05) is 35.1 Å². The molecule has 31 heavy (non-hydrogen) atoms. The lowest BCUT2D eigenvalue weighted by Gasteiger charge is -2.18. The third kappa shape index (κ3) is 5.19. The van der Waals surface area contributed by atoms with Gasteiger partial charge in [0.15, 0.2) is 16.8 Å². The third-order valence-corrected chi connectivity index (χ3v) is 6.01. The maximum Gasteiger partial charge on any atom is 0.191 e. The van der Waals surface area contributed by atoms with E-state index in [4.69, 9.17) is 14.7 Å². The van der Waals surface area contributed by atoms with E-state index in [9.17, 15) is 4.39 Å². The molecular formula is C23H26FN5OS. The van der Waals surface area contributed by atoms with Gasteiger partial charge in [-0.25, -0.2) is 14.4 Å². The Morgan fingerprint density at radius 2 is 1.84 bits per heavy atom. The van der Waals surface area contributed by atoms with Crippen molar-refractivity contribution in [1.29, 1.82) is 0 Å². The van der Waals surface area contributed by atoms with Crippen molar-refractivity contribution in [1.82, 2.24) is 9.97 Å². The van der Waals surface area contributed by atoms with Gasteiger partial charge in [-0.2, -0.15) is 0 Å². The zero-order chi connectivity index (χ0) is 21.6. The monoisotopic (exact) mass is 439 g/mol. The molecule has 6 nitrogen and oxygen atoms in total. The Hall–Kier alpha value is -3.00. The number of thioether (sulfide) groups is 1. The lowest BCUT2D eigenvalue weighted by Crippen LogP contribution is -2.22. The second kappa shape index (κ2) is 9.87. The Labute approximate surface area is 186 Å². The van der Waals surface area contributed by atoms with E-state index < -0.39 is 0 Å². The summed E-state index contributed by atoms with van der Waals surface area (Å²) in [7, 11) is 1.66. The van der Waals surface area contributed by atoms with Crippen LogP contribution >= 0.6 is 11.8 Å². The first-order valence-corrected chi connectivity index (χ1v) is 11.3. The minimum atomic E-state index is -0.228. The number of nitrogens with one attached hydrogen (secondary N) is 2. The van der Waals surface area contributed by atoms with E-state index in [1.165, 1.54) is 12.1 Å². The van der Waals surface area contributed by atoms with Crippen LogP contribution in [0.4, 0.5) is 21.7 Å². The molecule has 0 aliphatic carbocycles. The second-order valence-electron chi connectivity index (χ2n) is 7.26. The summed E-state index contributed by atoms with van der Waals surface area (Å²) in [5.74, 6) is 3.23. The molecule has 1 aromatic heterocycles. The minimum Gasteiger partial charge on any atom is -0.497 e. The van der Waals surface area contributed by atoms with Gasteiger partial charge in [0.1, 0.15) is 17.3 Å². The first-order chi connectivity index (χ1) is 15.2. The maximum atomic E-state index is 13.3. The van der Waals surface area contributed by atoms with E-state index in [1.807, 2.05) is 36.4 Å². The lowest BCUT2D eigenvalue weighted by molar-refractivity contribution is 0.414. The van der Waals surface area contributed by atoms with Gasteiger partial charge < -0.3 is 20.3 Å². The number of nitrogens with zero attached hydrogens (tertiary/aromatic N) is 3. The smallest absolute Gasteiger partial charge is 0.191 e. The third-order valence-electron chi connectivity index (χ3n) is 4.96. The standard InChI is InChI=1S/C23H26FN5OS/c1-3-12-31-23-27-21(25-13-16-6-10-19(30-2)11-7-16)20-22(28-23)29(15-26-20)14-17-4-8-18(24)9-5-17/h4-11,26H,3,12-15H2,1-2H3,(H,25,27,28). The predicted molar refractivity (Wildman–Crippen MR) is 124 cm³/mol. The summed E-state index contributed by atoms with van der Waals surface area (Å²) in [6.07, 6.45) is 1.05. The molecule has 1 aliphatic heterocycles. The van der Waals surface area contributed by atoms with Crippen LogP contribution in [-0.4, -0.2) is 29.5 Å². The van der Waals surface area contributed by atoms with E-state index in [-0.39, 0.29) is 5.82 Å². The van der Waals surface area contributed by atoms with Crippen molar-refractivity contribution in [2.24, 2.45) is 0 Å². The van der Waals surface area contributed by atoms with Crippen LogP contribution in [0.1, 0.15) is 24.5 Å². The summed E-state index contributed by atoms with van der Waals surface area (Å²) >= 11 is 1.65. The fourth-order valence-corrected chi connectivity index (χ4v) is 4.02. The Kier molecular flexibility index (Phi) is 6.76.